The van der Waals surface area contributed by atoms with Crippen molar-refractivity contribution in [3.05, 3.63) is 187 Å². The number of rotatable bonds is 20. The number of esters is 3. The number of aromatic nitrogens is 3. The normalized spacial score (nSPS) is 22.6. The summed E-state index contributed by atoms with van der Waals surface area (Å²) >= 11 is 29.1. The van der Waals surface area contributed by atoms with Gasteiger partial charge in [-0.3, -0.25) is 29.7 Å². The molecule has 3 fully saturated rings. The number of thiazole rings is 3. The van der Waals surface area contributed by atoms with Gasteiger partial charge in [0.15, 0.2) is 32.5 Å². The van der Waals surface area contributed by atoms with E-state index in [0.29, 0.717) is 65.0 Å². The number of nitrogens with zero attached hydrogens (tertiary/aromatic N) is 9. The number of methoxy groups -OCH3 is 1. The molecule has 6 atom stereocenters. The van der Waals surface area contributed by atoms with Crippen molar-refractivity contribution >= 4 is 116 Å². The number of ether oxygens (including phenoxy) is 3. The van der Waals surface area contributed by atoms with Gasteiger partial charge >= 0.3 is 17.9 Å². The quantitative estimate of drug-likeness (QED) is 0.0236. The zero-order valence-electron chi connectivity index (χ0n) is 53.6. The van der Waals surface area contributed by atoms with Crippen LogP contribution in [0.25, 0.3) is 0 Å². The summed E-state index contributed by atoms with van der Waals surface area (Å²) in [5.74, 6) is -11.1. The number of carbonyl (C=O) groups excluding carboxylic acids is 3. The van der Waals surface area contributed by atoms with Gasteiger partial charge in [-0.2, -0.15) is 0 Å². The number of alkyl halides is 6. The zero-order valence-corrected chi connectivity index (χ0v) is 59.1. The summed E-state index contributed by atoms with van der Waals surface area (Å²) in [6, 6.07) is 7.11. The highest BCUT2D eigenvalue weighted by Gasteiger charge is 2.49. The van der Waals surface area contributed by atoms with E-state index < -0.39 is 142 Å². The summed E-state index contributed by atoms with van der Waals surface area (Å²) in [6.07, 6.45) is 3.31. The number of aliphatic imine (C=N–C) groups is 3. The third-order valence-electron chi connectivity index (χ3n) is 16.6. The van der Waals surface area contributed by atoms with Crippen molar-refractivity contribution in [3.8, 4) is 0 Å². The fourth-order valence-electron chi connectivity index (χ4n) is 12.2. The first kappa shape index (κ1) is 76.6. The number of benzene rings is 3. The number of amidine groups is 3. The number of hydrogen-bond donors (Lipinski definition) is 6. The van der Waals surface area contributed by atoms with Gasteiger partial charge in [0.2, 0.25) is 0 Å². The highest BCUT2D eigenvalue weighted by molar-refractivity contribution is 7.12. The van der Waals surface area contributed by atoms with Crippen LogP contribution < -0.4 is 16.0 Å². The molecule has 0 amide bonds. The Kier molecular flexibility index (Phi) is 25.1. The lowest BCUT2D eigenvalue weighted by Gasteiger charge is -2.31. The number of nitrogens with one attached hydrogen (secondary N) is 3. The molecule has 36 heteroatoms. The minimum Gasteiger partial charge on any atom is -0.466 e. The highest BCUT2D eigenvalue weighted by atomic mass is 35.5. The molecule has 6 N–H and O–H groups in total. The SMILES string of the molecule is CCOC(=O)C1=C(CN2CC(F)(F)C[C@@H]2CO)NC(c2nccs2)=N[C@H]1c1ccc(Cl)cc1Cl.CCOC(=O)C1=C(CN2CC(F)(F)C[C@@H]2CO)NC(c2nccs2)=N[C@H]1c1ccc(F)cc1Cl.COC(=O)C1=C(CN2CC(F)(F)C[C@@H]2CO)NC(c2nccs2)=N[C@H]1c1ccc(F)cc1Cl. The Morgan fingerprint density at radius 1 is 0.515 bits per heavy atom. The van der Waals surface area contributed by atoms with Crippen LogP contribution in [0.1, 0.15) is 82.9 Å². The lowest BCUT2D eigenvalue weighted by molar-refractivity contribution is -0.139. The molecule has 0 spiro atoms. The minimum absolute atomic E-state index is 0.0471. The fourth-order valence-corrected chi connectivity index (χ4v) is 15.0. The van der Waals surface area contributed by atoms with E-state index in [1.165, 1.54) is 80.1 Å². The minimum atomic E-state index is -2.97. The molecule has 0 aliphatic carbocycles. The average molecular weight is 1550 g/mol. The smallest absolute Gasteiger partial charge is 0.338 e. The predicted molar refractivity (Wildman–Crippen MR) is 365 cm³/mol. The summed E-state index contributed by atoms with van der Waals surface area (Å²) in [6.45, 7) is 0.176. The van der Waals surface area contributed by atoms with Crippen LogP contribution in [0.3, 0.4) is 0 Å². The average Bonchev–Trinajstić information content (AvgIpc) is 1.74. The molecular weight excluding hydrogens is 1480 g/mol. The Labute approximate surface area is 604 Å². The number of halogens is 12. The summed E-state index contributed by atoms with van der Waals surface area (Å²) in [4.78, 5) is 70.0. The van der Waals surface area contributed by atoms with Gasteiger partial charge in [0, 0.05) is 146 Å². The van der Waals surface area contributed by atoms with Gasteiger partial charge in [-0.25, -0.2) is 64.5 Å². The molecule has 0 unspecified atom stereocenters. The molecule has 540 valence electrons. The first-order chi connectivity index (χ1) is 48.2. The summed E-state index contributed by atoms with van der Waals surface area (Å²) in [7, 11) is 1.19. The van der Waals surface area contributed by atoms with E-state index in [2.05, 4.69) is 40.9 Å². The molecule has 9 heterocycles. The van der Waals surface area contributed by atoms with Gasteiger partial charge in [0.05, 0.1) is 76.5 Å². The van der Waals surface area contributed by atoms with Crippen molar-refractivity contribution in [2.45, 2.75) is 87.1 Å². The van der Waals surface area contributed by atoms with Crippen LogP contribution in [0.2, 0.25) is 20.1 Å². The first-order valence-corrected chi connectivity index (χ1v) is 35.2. The summed E-state index contributed by atoms with van der Waals surface area (Å²) in [5.41, 5.74) is 2.36. The van der Waals surface area contributed by atoms with E-state index in [1.807, 2.05) is 0 Å². The predicted octanol–water partition coefficient (Wildman–Crippen LogP) is 10.8. The fraction of sp³-hybridized carbons (Fsp3) is 0.400. The standard InChI is InChI=1S/C22H22Cl2F2N4O3S.C22H22ClF3N4O3S.C21H20ClF3N4O3S/c1-2-33-21(32)17-16(9-30-11-22(25,26)8-13(30)10-31)28-19(20-27-5-6-34-20)29-18(17)14-4-3-12(23)7-15(14)24;1-2-33-21(32)17-16(9-30-11-22(25,26)8-13(30)10-31)28-19(20-27-5-6-34-20)29-18(17)14-4-3-12(24)7-15(14)23;1-32-20(31)16-15(8-29-10-21(24,25)7-12(29)9-30)27-18(19-26-4-5-33-19)28-17(16)13-3-2-11(23)6-14(13)22/h2*3-7,13,18,31H,2,8-11H2,1H3,(H,28,29);2-6,12,17,30H,7-10H2,1H3,(H,27,28)/t2*13-,18+;12-,17+/m111/s1. The molecule has 3 saturated heterocycles. The Morgan fingerprint density at radius 3 is 1.11 bits per heavy atom. The Balaban J connectivity index is 0.000000163. The van der Waals surface area contributed by atoms with E-state index in [0.717, 1.165) is 12.1 Å². The maximum absolute atomic E-state index is 14.2. The van der Waals surface area contributed by atoms with E-state index in [1.54, 1.807) is 66.8 Å². The van der Waals surface area contributed by atoms with Gasteiger partial charge < -0.3 is 45.5 Å². The van der Waals surface area contributed by atoms with Crippen LogP contribution in [0.5, 0.6) is 0 Å². The van der Waals surface area contributed by atoms with Gasteiger partial charge in [-0.05, 0) is 50.2 Å². The molecule has 12 rings (SSSR count). The van der Waals surface area contributed by atoms with Crippen molar-refractivity contribution < 1.29 is 79.0 Å². The monoisotopic (exact) mass is 1540 g/mol. The number of aliphatic hydroxyl groups excluding tert-OH is 3. The highest BCUT2D eigenvalue weighted by Crippen LogP contribution is 2.43. The van der Waals surface area contributed by atoms with Crippen molar-refractivity contribution in [3.63, 3.8) is 0 Å². The van der Waals surface area contributed by atoms with Crippen LogP contribution >= 0.6 is 80.4 Å². The van der Waals surface area contributed by atoms with Crippen molar-refractivity contribution in [1.29, 1.82) is 0 Å². The molecule has 6 aromatic rings. The Bertz CT molecular complexity index is 4020. The second-order valence-corrected chi connectivity index (χ2v) is 27.9. The maximum atomic E-state index is 14.2. The van der Waals surface area contributed by atoms with Gasteiger partial charge in [-0.15, -0.1) is 34.0 Å². The topological polar surface area (TPSA) is 261 Å². The van der Waals surface area contributed by atoms with Crippen LogP contribution in [-0.4, -0.2) is 196 Å². The van der Waals surface area contributed by atoms with Gasteiger partial charge in [0.25, 0.3) is 17.8 Å². The van der Waals surface area contributed by atoms with Crippen LogP contribution in [0.15, 0.2) is 138 Å². The van der Waals surface area contributed by atoms with Crippen molar-refractivity contribution in [2.75, 3.05) is 79.4 Å². The number of hydrogen-bond acceptors (Lipinski definition) is 24. The molecule has 6 aliphatic heterocycles. The lowest BCUT2D eigenvalue weighted by atomic mass is 9.95. The van der Waals surface area contributed by atoms with E-state index in [9.17, 15) is 64.8 Å². The molecular formula is C65H64Cl4F8N12O9S3. The van der Waals surface area contributed by atoms with Crippen LogP contribution in [0.4, 0.5) is 35.1 Å². The van der Waals surface area contributed by atoms with E-state index >= 15 is 0 Å². The van der Waals surface area contributed by atoms with E-state index in [4.69, 9.17) is 65.6 Å². The number of likely N-dealkylation sites (tertiary alicyclic amines) is 3. The summed E-state index contributed by atoms with van der Waals surface area (Å²) < 4.78 is 128. The molecule has 21 nitrogen and oxygen atoms in total. The third kappa shape index (κ3) is 18.3. The first-order valence-electron chi connectivity index (χ1n) is 31.1. The summed E-state index contributed by atoms with van der Waals surface area (Å²) in [5, 5.41) is 45.8. The molecule has 3 aromatic heterocycles. The second kappa shape index (κ2) is 33.2. The van der Waals surface area contributed by atoms with Crippen LogP contribution in [-0.2, 0) is 28.6 Å². The number of aliphatic hydroxyl groups is 3. The Morgan fingerprint density at radius 2 is 0.832 bits per heavy atom. The number of carbonyl (C=O) groups is 3. The van der Waals surface area contributed by atoms with Crippen molar-refractivity contribution in [2.24, 2.45) is 15.0 Å². The lowest BCUT2D eigenvalue weighted by Crippen LogP contribution is -2.42. The van der Waals surface area contributed by atoms with Gasteiger partial charge in [-0.1, -0.05) is 64.6 Å². The molecule has 0 radical (unpaired) electrons. The maximum Gasteiger partial charge on any atom is 0.338 e. The second-order valence-electron chi connectivity index (χ2n) is 23.5. The Hall–Kier alpha value is -7.05. The molecule has 3 aromatic carbocycles. The zero-order chi connectivity index (χ0) is 72.7. The largest absolute Gasteiger partial charge is 0.466 e. The molecule has 101 heavy (non-hydrogen) atoms. The van der Waals surface area contributed by atoms with Crippen molar-refractivity contribution in [1.82, 2.24) is 45.6 Å². The molecule has 0 bridgehead atoms. The van der Waals surface area contributed by atoms with Gasteiger partial charge in [0.1, 0.15) is 29.8 Å². The van der Waals surface area contributed by atoms with E-state index in [-0.39, 0.29) is 71.0 Å². The molecule has 0 saturated carbocycles. The third-order valence-corrected chi connectivity index (χ3v) is 20.2. The van der Waals surface area contributed by atoms with Crippen LogP contribution in [0, 0.1) is 11.6 Å². The molecule has 6 aliphatic rings.